The number of benzene rings is 2. The van der Waals surface area contributed by atoms with E-state index in [2.05, 4.69) is 4.98 Å². The minimum atomic E-state index is -0.497. The van der Waals surface area contributed by atoms with Crippen LogP contribution in [-0.2, 0) is 20.9 Å². The van der Waals surface area contributed by atoms with Crippen LogP contribution in [0.15, 0.2) is 53.9 Å². The summed E-state index contributed by atoms with van der Waals surface area (Å²) in [5.74, 6) is 0.316. The van der Waals surface area contributed by atoms with Crippen molar-refractivity contribution in [3.05, 3.63) is 65.2 Å². The normalized spacial score (nSPS) is 12.5. The van der Waals surface area contributed by atoms with Gasteiger partial charge in [0.15, 0.2) is 22.4 Å². The number of aromatic nitrogens is 1. The van der Waals surface area contributed by atoms with Gasteiger partial charge in [-0.1, -0.05) is 18.2 Å². The standard InChI is InChI=1S/C25H24N2O6S/c1-17(28)27(20-6-3-2-4-7-20)25-26-19(16-34-25)15-33-24(30)11-9-21(29)18-8-10-22-23(14-18)32-13-5-12-31-22/h2-4,6-8,10,14,16H,5,9,11-13,15H2,1H3. The molecule has 0 saturated heterocycles. The number of ketones is 1. The zero-order valence-electron chi connectivity index (χ0n) is 18.7. The SMILES string of the molecule is CC(=O)N(c1ccccc1)c1nc(COC(=O)CCC(=O)c2ccc3c(c2)OCCCO3)cs1. The molecule has 1 aromatic heterocycles. The average Bonchev–Trinajstić information content (AvgIpc) is 3.17. The van der Waals surface area contributed by atoms with Gasteiger partial charge in [-0.3, -0.25) is 19.3 Å². The molecule has 0 radical (unpaired) electrons. The Balaban J connectivity index is 1.29. The summed E-state index contributed by atoms with van der Waals surface area (Å²) in [6, 6.07) is 14.2. The molecule has 9 heteroatoms. The van der Waals surface area contributed by atoms with Gasteiger partial charge in [-0.15, -0.1) is 11.3 Å². The zero-order chi connectivity index (χ0) is 23.9. The molecule has 0 saturated carbocycles. The number of Topliss-reactive ketones (excluding diaryl/α,β-unsaturated/α-hetero) is 1. The molecule has 8 nitrogen and oxygen atoms in total. The lowest BCUT2D eigenvalue weighted by Crippen LogP contribution is -2.22. The van der Waals surface area contributed by atoms with Crippen LogP contribution in [0.3, 0.4) is 0 Å². The van der Waals surface area contributed by atoms with Crippen molar-refractivity contribution in [1.29, 1.82) is 0 Å². The van der Waals surface area contributed by atoms with E-state index in [4.69, 9.17) is 14.2 Å². The smallest absolute Gasteiger partial charge is 0.306 e. The topological polar surface area (TPSA) is 95.0 Å². The van der Waals surface area contributed by atoms with E-state index in [0.29, 0.717) is 46.8 Å². The van der Waals surface area contributed by atoms with Crippen LogP contribution in [0, 0.1) is 0 Å². The summed E-state index contributed by atoms with van der Waals surface area (Å²) in [6.07, 6.45) is 0.754. The number of amides is 1. The van der Waals surface area contributed by atoms with Crippen LogP contribution in [0.2, 0.25) is 0 Å². The third kappa shape index (κ3) is 5.79. The molecule has 1 aliphatic heterocycles. The van der Waals surface area contributed by atoms with Gasteiger partial charge < -0.3 is 14.2 Å². The fourth-order valence-corrected chi connectivity index (χ4v) is 4.26. The molecular weight excluding hydrogens is 456 g/mol. The summed E-state index contributed by atoms with van der Waals surface area (Å²) in [4.78, 5) is 42.8. The molecule has 0 atom stereocenters. The molecule has 0 fully saturated rings. The van der Waals surface area contributed by atoms with Gasteiger partial charge in [-0.2, -0.15) is 0 Å². The first-order valence-electron chi connectivity index (χ1n) is 10.9. The molecule has 0 unspecified atom stereocenters. The molecule has 4 rings (SSSR count). The highest BCUT2D eigenvalue weighted by Gasteiger charge is 2.19. The van der Waals surface area contributed by atoms with Crippen LogP contribution in [0.4, 0.5) is 10.8 Å². The maximum atomic E-state index is 12.5. The largest absolute Gasteiger partial charge is 0.490 e. The lowest BCUT2D eigenvalue weighted by Gasteiger charge is -2.17. The van der Waals surface area contributed by atoms with Gasteiger partial charge in [-0.05, 0) is 30.3 Å². The first kappa shape index (κ1) is 23.4. The number of carbonyl (C=O) groups excluding carboxylic acids is 3. The molecule has 176 valence electrons. The summed E-state index contributed by atoms with van der Waals surface area (Å²) in [5.41, 5.74) is 1.71. The zero-order valence-corrected chi connectivity index (χ0v) is 19.5. The maximum Gasteiger partial charge on any atom is 0.306 e. The van der Waals surface area contributed by atoms with Gasteiger partial charge in [0.1, 0.15) is 6.61 Å². The summed E-state index contributed by atoms with van der Waals surface area (Å²) in [5, 5.41) is 2.24. The van der Waals surface area contributed by atoms with Crippen molar-refractivity contribution in [2.75, 3.05) is 18.1 Å². The number of rotatable bonds is 8. The van der Waals surface area contributed by atoms with E-state index in [1.54, 1.807) is 23.6 Å². The maximum absolute atomic E-state index is 12.5. The van der Waals surface area contributed by atoms with E-state index in [0.717, 1.165) is 6.42 Å². The van der Waals surface area contributed by atoms with Gasteiger partial charge in [-0.25, -0.2) is 4.98 Å². The number of para-hydroxylation sites is 1. The number of hydrogen-bond acceptors (Lipinski definition) is 8. The number of esters is 1. The van der Waals surface area contributed by atoms with Gasteiger partial charge in [0, 0.05) is 30.7 Å². The minimum absolute atomic E-state index is 0.0207. The monoisotopic (exact) mass is 480 g/mol. The van der Waals surface area contributed by atoms with Crippen molar-refractivity contribution in [3.63, 3.8) is 0 Å². The second-order valence-electron chi connectivity index (χ2n) is 7.61. The van der Waals surface area contributed by atoms with E-state index in [-0.39, 0.29) is 31.1 Å². The number of ether oxygens (including phenoxy) is 3. The predicted molar refractivity (Wildman–Crippen MR) is 127 cm³/mol. The van der Waals surface area contributed by atoms with Crippen molar-refractivity contribution < 1.29 is 28.6 Å². The van der Waals surface area contributed by atoms with E-state index >= 15 is 0 Å². The van der Waals surface area contributed by atoms with Crippen LogP contribution in [0.1, 0.15) is 42.2 Å². The minimum Gasteiger partial charge on any atom is -0.490 e. The fourth-order valence-electron chi connectivity index (χ4n) is 3.39. The highest BCUT2D eigenvalue weighted by molar-refractivity contribution is 7.14. The van der Waals surface area contributed by atoms with Gasteiger partial charge in [0.2, 0.25) is 5.91 Å². The number of anilines is 2. The molecule has 0 spiro atoms. The first-order valence-corrected chi connectivity index (χ1v) is 11.8. The van der Waals surface area contributed by atoms with Crippen LogP contribution in [0.5, 0.6) is 11.5 Å². The number of hydrogen-bond donors (Lipinski definition) is 0. The fraction of sp³-hybridized carbons (Fsp3) is 0.280. The van der Waals surface area contributed by atoms with Crippen molar-refractivity contribution in [3.8, 4) is 11.5 Å². The molecular formula is C25H24N2O6S. The third-order valence-electron chi connectivity index (χ3n) is 5.07. The van der Waals surface area contributed by atoms with E-state index in [9.17, 15) is 14.4 Å². The lowest BCUT2D eigenvalue weighted by molar-refractivity contribution is -0.145. The van der Waals surface area contributed by atoms with Crippen molar-refractivity contribution in [2.24, 2.45) is 0 Å². The number of fused-ring (bicyclic) bond motifs is 1. The molecule has 0 aliphatic carbocycles. The Morgan fingerprint density at radius 2 is 1.79 bits per heavy atom. The molecule has 0 N–H and O–H groups in total. The highest BCUT2D eigenvalue weighted by atomic mass is 32.1. The molecule has 0 bridgehead atoms. The van der Waals surface area contributed by atoms with Gasteiger partial charge >= 0.3 is 5.97 Å². The Morgan fingerprint density at radius 3 is 2.56 bits per heavy atom. The van der Waals surface area contributed by atoms with Crippen molar-refractivity contribution in [2.45, 2.75) is 32.8 Å². The van der Waals surface area contributed by atoms with E-state index < -0.39 is 5.97 Å². The van der Waals surface area contributed by atoms with Crippen molar-refractivity contribution in [1.82, 2.24) is 4.98 Å². The van der Waals surface area contributed by atoms with Crippen LogP contribution < -0.4 is 14.4 Å². The second-order valence-corrected chi connectivity index (χ2v) is 8.44. The highest BCUT2D eigenvalue weighted by Crippen LogP contribution is 2.31. The van der Waals surface area contributed by atoms with E-state index in [1.807, 2.05) is 30.3 Å². The molecule has 3 aromatic rings. The Hall–Kier alpha value is -3.72. The summed E-state index contributed by atoms with van der Waals surface area (Å²) in [7, 11) is 0. The molecule has 2 heterocycles. The third-order valence-corrected chi connectivity index (χ3v) is 5.94. The van der Waals surface area contributed by atoms with Gasteiger partial charge in [0.25, 0.3) is 0 Å². The quantitative estimate of drug-likeness (QED) is 0.341. The van der Waals surface area contributed by atoms with Crippen molar-refractivity contribution >= 4 is 39.8 Å². The number of carbonyl (C=O) groups is 3. The number of nitrogens with zero attached hydrogens (tertiary/aromatic N) is 2. The summed E-state index contributed by atoms with van der Waals surface area (Å²) < 4.78 is 16.5. The molecule has 34 heavy (non-hydrogen) atoms. The van der Waals surface area contributed by atoms with E-state index in [1.165, 1.54) is 23.2 Å². The lowest BCUT2D eigenvalue weighted by atomic mass is 10.1. The van der Waals surface area contributed by atoms with Gasteiger partial charge in [0.05, 0.1) is 31.0 Å². The van der Waals surface area contributed by atoms with Crippen LogP contribution >= 0.6 is 11.3 Å². The number of thiazole rings is 1. The Morgan fingerprint density at radius 1 is 1.03 bits per heavy atom. The average molecular weight is 481 g/mol. The Labute approximate surface area is 201 Å². The molecule has 2 aromatic carbocycles. The summed E-state index contributed by atoms with van der Waals surface area (Å²) >= 11 is 1.29. The Bertz CT molecular complexity index is 1180. The van der Waals surface area contributed by atoms with Crippen LogP contribution in [-0.4, -0.2) is 35.9 Å². The Kier molecular flexibility index (Phi) is 7.54. The van der Waals surface area contributed by atoms with Crippen LogP contribution in [0.25, 0.3) is 0 Å². The molecule has 1 aliphatic rings. The first-order chi connectivity index (χ1) is 16.5. The molecule has 1 amide bonds. The summed E-state index contributed by atoms with van der Waals surface area (Å²) in [6.45, 7) is 2.54. The second kappa shape index (κ2) is 10.9. The predicted octanol–water partition coefficient (Wildman–Crippen LogP) is 4.70.